The number of benzene rings is 1. The highest BCUT2D eigenvalue weighted by Crippen LogP contribution is 2.47. The number of piperidine rings is 1. The average molecular weight is 373 g/mol. The van der Waals surface area contributed by atoms with E-state index in [9.17, 15) is 9.59 Å². The smallest absolute Gasteiger partial charge is 0.407 e. The first-order valence-corrected chi connectivity index (χ1v) is 10.2. The number of nitrogens with zero attached hydrogens (tertiary/aromatic N) is 1. The molecule has 0 bridgehead atoms. The normalized spacial score (nSPS) is 24.8. The molecule has 0 radical (unpaired) electrons. The zero-order valence-corrected chi connectivity index (χ0v) is 16.7. The number of nitrogens with one attached hydrogen (secondary N) is 1. The summed E-state index contributed by atoms with van der Waals surface area (Å²) in [5.41, 5.74) is 0.717. The van der Waals surface area contributed by atoms with E-state index >= 15 is 0 Å². The lowest BCUT2D eigenvalue weighted by atomic mass is 9.58. The van der Waals surface area contributed by atoms with Crippen molar-refractivity contribution < 1.29 is 14.3 Å². The summed E-state index contributed by atoms with van der Waals surface area (Å²) in [6.45, 7) is 8.38. The Hall–Kier alpha value is -2.04. The van der Waals surface area contributed by atoms with Crippen molar-refractivity contribution in [2.45, 2.75) is 59.1 Å². The lowest BCUT2D eigenvalue weighted by molar-refractivity contribution is -0.149. The van der Waals surface area contributed by atoms with Gasteiger partial charge in [0.05, 0.1) is 0 Å². The Bertz CT molecular complexity index is 651. The zero-order valence-electron chi connectivity index (χ0n) is 16.7. The average Bonchev–Trinajstić information content (AvgIpc) is 2.69. The quantitative estimate of drug-likeness (QED) is 0.851. The van der Waals surface area contributed by atoms with Crippen LogP contribution < -0.4 is 5.32 Å². The van der Waals surface area contributed by atoms with Crippen LogP contribution in [0.3, 0.4) is 0 Å². The van der Waals surface area contributed by atoms with Crippen LogP contribution in [-0.2, 0) is 16.1 Å². The first-order chi connectivity index (χ1) is 12.9. The van der Waals surface area contributed by atoms with Crippen LogP contribution in [0.4, 0.5) is 4.79 Å². The molecule has 1 aliphatic heterocycles. The van der Waals surface area contributed by atoms with Gasteiger partial charge in [-0.25, -0.2) is 4.79 Å². The van der Waals surface area contributed by atoms with Crippen LogP contribution in [0.2, 0.25) is 0 Å². The first kappa shape index (κ1) is 19.7. The molecule has 2 amide bonds. The number of rotatable bonds is 5. The van der Waals surface area contributed by atoms with Gasteiger partial charge in [0.1, 0.15) is 6.61 Å². The van der Waals surface area contributed by atoms with Gasteiger partial charge in [0, 0.05) is 25.0 Å². The summed E-state index contributed by atoms with van der Waals surface area (Å²) in [5, 5.41) is 2.95. The van der Waals surface area contributed by atoms with E-state index in [2.05, 4.69) is 26.1 Å². The van der Waals surface area contributed by atoms with Gasteiger partial charge in [0.25, 0.3) is 0 Å². The minimum Gasteiger partial charge on any atom is -0.445 e. The fourth-order valence-electron chi connectivity index (χ4n) is 4.28. The van der Waals surface area contributed by atoms with Gasteiger partial charge in [-0.3, -0.25) is 4.79 Å². The minimum absolute atomic E-state index is 0.0184. The van der Waals surface area contributed by atoms with E-state index in [4.69, 9.17) is 4.74 Å². The molecule has 1 saturated heterocycles. The van der Waals surface area contributed by atoms with Gasteiger partial charge in [-0.2, -0.15) is 0 Å². The van der Waals surface area contributed by atoms with Crippen molar-refractivity contribution in [3.8, 4) is 0 Å². The fraction of sp³-hybridized carbons (Fsp3) is 0.636. The molecule has 0 unspecified atom stereocenters. The molecule has 0 spiro atoms. The van der Waals surface area contributed by atoms with Crippen LogP contribution in [0, 0.1) is 17.3 Å². The molecule has 148 valence electrons. The maximum Gasteiger partial charge on any atom is 0.407 e. The second-order valence-corrected chi connectivity index (χ2v) is 8.55. The molecule has 2 fully saturated rings. The van der Waals surface area contributed by atoms with Crippen LogP contribution in [0.5, 0.6) is 0 Å². The lowest BCUT2D eigenvalue weighted by Crippen LogP contribution is -2.63. The number of hydrogen-bond acceptors (Lipinski definition) is 3. The Morgan fingerprint density at radius 1 is 1.19 bits per heavy atom. The Labute approximate surface area is 162 Å². The molecule has 3 rings (SSSR count). The molecule has 5 nitrogen and oxygen atoms in total. The highest BCUT2D eigenvalue weighted by Gasteiger charge is 2.53. The van der Waals surface area contributed by atoms with Crippen molar-refractivity contribution in [2.75, 3.05) is 13.1 Å². The highest BCUT2D eigenvalue weighted by atomic mass is 16.5. The van der Waals surface area contributed by atoms with E-state index in [0.29, 0.717) is 6.42 Å². The highest BCUT2D eigenvalue weighted by molar-refractivity contribution is 5.81. The number of carbonyl (C=O) groups excluding carboxylic acids is 2. The Kier molecular flexibility index (Phi) is 6.08. The third-order valence-electron chi connectivity index (χ3n) is 6.57. The first-order valence-electron chi connectivity index (χ1n) is 10.2. The minimum atomic E-state index is -0.411. The molecule has 1 saturated carbocycles. The largest absolute Gasteiger partial charge is 0.445 e. The van der Waals surface area contributed by atoms with E-state index in [0.717, 1.165) is 37.4 Å². The van der Waals surface area contributed by atoms with Gasteiger partial charge >= 0.3 is 6.09 Å². The molecular formula is C22H32N2O3. The number of carbonyl (C=O) groups is 2. The number of amides is 2. The van der Waals surface area contributed by atoms with E-state index in [1.807, 2.05) is 35.2 Å². The van der Waals surface area contributed by atoms with Gasteiger partial charge in [-0.1, -0.05) is 57.5 Å². The fourth-order valence-corrected chi connectivity index (χ4v) is 4.28. The Morgan fingerprint density at radius 2 is 1.85 bits per heavy atom. The maximum atomic E-state index is 12.9. The van der Waals surface area contributed by atoms with E-state index < -0.39 is 6.09 Å². The van der Waals surface area contributed by atoms with Gasteiger partial charge < -0.3 is 15.0 Å². The zero-order chi connectivity index (χ0) is 19.4. The maximum absolute atomic E-state index is 12.9. The van der Waals surface area contributed by atoms with E-state index in [1.165, 1.54) is 6.42 Å². The second kappa shape index (κ2) is 8.32. The topological polar surface area (TPSA) is 58.6 Å². The monoisotopic (exact) mass is 372 g/mol. The molecule has 2 atom stereocenters. The van der Waals surface area contributed by atoms with Crippen LogP contribution in [-0.4, -0.2) is 36.0 Å². The summed E-state index contributed by atoms with van der Waals surface area (Å²) < 4.78 is 5.32. The van der Waals surface area contributed by atoms with Crippen molar-refractivity contribution >= 4 is 12.0 Å². The van der Waals surface area contributed by atoms with Gasteiger partial charge in [0.2, 0.25) is 5.91 Å². The molecule has 1 heterocycles. The standard InChI is InChI=1S/C22H32N2O3/c1-4-16-10-12-24(13-11-16)20(25)18-14-19(22(18,2)3)23-21(26)27-15-17-8-6-5-7-9-17/h5-9,16,18-19H,4,10-15H2,1-3H3,(H,23,26)/t18-,19-/m0/s1. The van der Waals surface area contributed by atoms with Crippen molar-refractivity contribution in [1.29, 1.82) is 0 Å². The summed E-state index contributed by atoms with van der Waals surface area (Å²) in [5.74, 6) is 0.998. The van der Waals surface area contributed by atoms with Crippen molar-refractivity contribution in [3.63, 3.8) is 0 Å². The molecule has 0 aromatic heterocycles. The Morgan fingerprint density at radius 3 is 2.44 bits per heavy atom. The summed E-state index contributed by atoms with van der Waals surface area (Å²) >= 11 is 0. The van der Waals surface area contributed by atoms with Crippen LogP contribution in [0.1, 0.15) is 52.0 Å². The van der Waals surface area contributed by atoms with Gasteiger partial charge in [-0.15, -0.1) is 0 Å². The molecule has 1 aromatic rings. The van der Waals surface area contributed by atoms with E-state index in [1.54, 1.807) is 0 Å². The predicted octanol–water partition coefficient (Wildman–Crippen LogP) is 3.98. The summed E-state index contributed by atoms with van der Waals surface area (Å²) in [4.78, 5) is 27.1. The second-order valence-electron chi connectivity index (χ2n) is 8.55. The van der Waals surface area contributed by atoms with Crippen LogP contribution in [0.15, 0.2) is 30.3 Å². The van der Waals surface area contributed by atoms with Crippen molar-refractivity contribution in [3.05, 3.63) is 35.9 Å². The number of hydrogen-bond donors (Lipinski definition) is 1. The molecule has 1 N–H and O–H groups in total. The molecular weight excluding hydrogens is 340 g/mol. The third kappa shape index (κ3) is 4.45. The summed E-state index contributed by atoms with van der Waals surface area (Å²) in [7, 11) is 0. The summed E-state index contributed by atoms with van der Waals surface area (Å²) in [6.07, 6.45) is 3.71. The number of likely N-dealkylation sites (tertiary alicyclic amines) is 1. The molecule has 1 aliphatic carbocycles. The molecule has 1 aromatic carbocycles. The van der Waals surface area contributed by atoms with Crippen molar-refractivity contribution in [2.24, 2.45) is 17.3 Å². The lowest BCUT2D eigenvalue weighted by Gasteiger charge is -2.52. The molecule has 27 heavy (non-hydrogen) atoms. The Balaban J connectivity index is 1.46. The summed E-state index contributed by atoms with van der Waals surface area (Å²) in [6, 6.07) is 9.61. The van der Waals surface area contributed by atoms with Crippen molar-refractivity contribution in [1.82, 2.24) is 10.2 Å². The van der Waals surface area contributed by atoms with Crippen LogP contribution in [0.25, 0.3) is 0 Å². The predicted molar refractivity (Wildman–Crippen MR) is 105 cm³/mol. The van der Waals surface area contributed by atoms with Gasteiger partial charge in [-0.05, 0) is 36.2 Å². The SMILES string of the molecule is CCC1CCN(C(=O)[C@@H]2C[C@H](NC(=O)OCc3ccccc3)C2(C)C)CC1. The third-order valence-corrected chi connectivity index (χ3v) is 6.57. The van der Waals surface area contributed by atoms with Gasteiger partial charge in [0.15, 0.2) is 0 Å². The number of alkyl carbamates (subject to hydrolysis) is 1. The molecule has 5 heteroatoms. The number of ether oxygens (including phenoxy) is 1. The van der Waals surface area contributed by atoms with E-state index in [-0.39, 0.29) is 29.9 Å². The van der Waals surface area contributed by atoms with Crippen LogP contribution >= 0.6 is 0 Å². The molecule has 2 aliphatic rings.